The monoisotopic (exact) mass is 234 g/mol. The minimum absolute atomic E-state index is 0.0398. The maximum absolute atomic E-state index is 11.6. The second-order valence-electron chi connectivity index (χ2n) is 4.20. The highest BCUT2D eigenvalue weighted by molar-refractivity contribution is 7.89. The number of carbonyl (C=O) groups excluding carboxylic acids is 1. The average Bonchev–Trinajstić information content (AvgIpc) is 2.42. The molecule has 1 rings (SSSR count). The van der Waals surface area contributed by atoms with Gasteiger partial charge in [0.25, 0.3) is 0 Å². The first-order valence-electron chi connectivity index (χ1n) is 5.13. The number of nitrogens with zero attached hydrogens (tertiary/aromatic N) is 1. The average molecular weight is 234 g/mol. The van der Waals surface area contributed by atoms with Crippen molar-refractivity contribution >= 4 is 15.9 Å². The molecule has 0 aromatic heterocycles. The zero-order chi connectivity index (χ0) is 11.6. The Hall–Kier alpha value is -0.620. The van der Waals surface area contributed by atoms with Crippen molar-refractivity contribution in [1.82, 2.24) is 4.90 Å². The summed E-state index contributed by atoms with van der Waals surface area (Å²) in [6.45, 7) is 4.49. The van der Waals surface area contributed by atoms with E-state index in [9.17, 15) is 13.2 Å². The van der Waals surface area contributed by atoms with Crippen LogP contribution in [0.5, 0.6) is 0 Å². The highest BCUT2D eigenvalue weighted by Gasteiger charge is 2.33. The molecular weight excluding hydrogens is 216 g/mol. The molecule has 2 unspecified atom stereocenters. The molecule has 0 bridgehead atoms. The van der Waals surface area contributed by atoms with Gasteiger partial charge in [0.2, 0.25) is 15.9 Å². The fourth-order valence-electron chi connectivity index (χ4n) is 1.90. The lowest BCUT2D eigenvalue weighted by Crippen LogP contribution is -2.34. The summed E-state index contributed by atoms with van der Waals surface area (Å²) in [5.74, 6) is -0.189. The van der Waals surface area contributed by atoms with Crippen LogP contribution in [0.15, 0.2) is 0 Å². The molecule has 6 heteroatoms. The Balaban J connectivity index is 2.60. The van der Waals surface area contributed by atoms with Gasteiger partial charge in [-0.1, -0.05) is 6.92 Å². The van der Waals surface area contributed by atoms with E-state index in [2.05, 4.69) is 0 Å². The van der Waals surface area contributed by atoms with Crippen molar-refractivity contribution in [2.45, 2.75) is 32.7 Å². The summed E-state index contributed by atoms with van der Waals surface area (Å²) in [4.78, 5) is 13.3. The predicted molar refractivity (Wildman–Crippen MR) is 57.5 cm³/mol. The Bertz CT molecular complexity index is 339. The highest BCUT2D eigenvalue weighted by Crippen LogP contribution is 2.21. The maximum Gasteiger partial charge on any atom is 0.223 e. The largest absolute Gasteiger partial charge is 0.340 e. The highest BCUT2D eigenvalue weighted by atomic mass is 32.2. The van der Waals surface area contributed by atoms with Crippen LogP contribution in [0.3, 0.4) is 0 Å². The summed E-state index contributed by atoms with van der Waals surface area (Å²) in [6, 6.07) is 0.183. The van der Waals surface area contributed by atoms with Crippen LogP contribution in [0.25, 0.3) is 0 Å². The molecule has 0 radical (unpaired) electrons. The van der Waals surface area contributed by atoms with Crippen molar-refractivity contribution in [2.24, 2.45) is 11.1 Å². The first kappa shape index (κ1) is 12.4. The van der Waals surface area contributed by atoms with E-state index in [1.54, 1.807) is 4.90 Å². The van der Waals surface area contributed by atoms with Crippen molar-refractivity contribution in [2.75, 3.05) is 12.3 Å². The Labute approximate surface area is 90.7 Å². The van der Waals surface area contributed by atoms with Crippen LogP contribution in [0.1, 0.15) is 26.7 Å². The second-order valence-corrected chi connectivity index (χ2v) is 5.86. The van der Waals surface area contributed by atoms with E-state index in [0.717, 1.165) is 6.42 Å². The molecule has 1 aliphatic rings. The number of sulfonamides is 1. The molecule has 1 aliphatic heterocycles. The summed E-state index contributed by atoms with van der Waals surface area (Å²) in [5.41, 5.74) is 0. The third-order valence-corrected chi connectivity index (χ3v) is 3.77. The summed E-state index contributed by atoms with van der Waals surface area (Å²) in [5, 5.41) is 4.96. The first-order chi connectivity index (χ1) is 6.83. The zero-order valence-electron chi connectivity index (χ0n) is 9.14. The predicted octanol–water partition coefficient (Wildman–Crippen LogP) is -0.0781. The minimum atomic E-state index is -3.47. The van der Waals surface area contributed by atoms with Crippen LogP contribution >= 0.6 is 0 Å². The minimum Gasteiger partial charge on any atom is -0.340 e. The van der Waals surface area contributed by atoms with E-state index in [-0.39, 0.29) is 23.6 Å². The number of nitrogens with two attached hydrogens (primary N) is 1. The van der Waals surface area contributed by atoms with Crippen molar-refractivity contribution in [1.29, 1.82) is 0 Å². The normalized spacial score (nSPS) is 24.6. The fraction of sp³-hybridized carbons (Fsp3) is 0.889. The van der Waals surface area contributed by atoms with E-state index in [1.165, 1.54) is 0 Å². The molecule has 5 nitrogen and oxygen atoms in total. The Morgan fingerprint density at radius 2 is 2.20 bits per heavy atom. The molecule has 1 saturated heterocycles. The molecule has 0 aromatic rings. The van der Waals surface area contributed by atoms with Gasteiger partial charge in [0, 0.05) is 24.9 Å². The van der Waals surface area contributed by atoms with Gasteiger partial charge in [-0.15, -0.1) is 0 Å². The SMILES string of the molecule is CCC(C)N1CC(CS(N)(=O)=O)CC1=O. The van der Waals surface area contributed by atoms with Crippen LogP contribution in [0, 0.1) is 5.92 Å². The van der Waals surface area contributed by atoms with E-state index in [1.807, 2.05) is 13.8 Å². The maximum atomic E-state index is 11.6. The zero-order valence-corrected chi connectivity index (χ0v) is 9.96. The number of likely N-dealkylation sites (tertiary alicyclic amines) is 1. The van der Waals surface area contributed by atoms with Crippen molar-refractivity contribution < 1.29 is 13.2 Å². The molecule has 1 heterocycles. The molecular formula is C9H18N2O3S. The van der Waals surface area contributed by atoms with Crippen LogP contribution in [0.4, 0.5) is 0 Å². The first-order valence-corrected chi connectivity index (χ1v) is 6.85. The van der Waals surface area contributed by atoms with Gasteiger partial charge in [-0.05, 0) is 13.3 Å². The third kappa shape index (κ3) is 3.46. The van der Waals surface area contributed by atoms with Gasteiger partial charge >= 0.3 is 0 Å². The van der Waals surface area contributed by atoms with Crippen molar-refractivity contribution in [3.05, 3.63) is 0 Å². The Morgan fingerprint density at radius 3 is 2.67 bits per heavy atom. The van der Waals surface area contributed by atoms with Gasteiger partial charge in [0.05, 0.1) is 5.75 Å². The molecule has 0 aliphatic carbocycles. The molecule has 0 aromatic carbocycles. The Morgan fingerprint density at radius 1 is 1.60 bits per heavy atom. The molecule has 1 fully saturated rings. The number of primary sulfonamides is 1. The van der Waals surface area contributed by atoms with Gasteiger partial charge in [-0.25, -0.2) is 13.6 Å². The topological polar surface area (TPSA) is 80.5 Å². The lowest BCUT2D eigenvalue weighted by molar-refractivity contribution is -0.129. The van der Waals surface area contributed by atoms with E-state index in [4.69, 9.17) is 5.14 Å². The quantitative estimate of drug-likeness (QED) is 0.739. The summed E-state index contributed by atoms with van der Waals surface area (Å²) >= 11 is 0. The van der Waals surface area contributed by atoms with Crippen LogP contribution < -0.4 is 5.14 Å². The lowest BCUT2D eigenvalue weighted by atomic mass is 10.1. The van der Waals surface area contributed by atoms with Gasteiger partial charge in [-0.3, -0.25) is 4.79 Å². The third-order valence-electron chi connectivity index (χ3n) is 2.83. The number of hydrogen-bond acceptors (Lipinski definition) is 3. The number of amides is 1. The second kappa shape index (κ2) is 4.49. The Kier molecular flexibility index (Phi) is 3.72. The van der Waals surface area contributed by atoms with Gasteiger partial charge in [0.15, 0.2) is 0 Å². The number of carbonyl (C=O) groups is 1. The van der Waals surface area contributed by atoms with Gasteiger partial charge < -0.3 is 4.90 Å². The van der Waals surface area contributed by atoms with Crippen LogP contribution in [-0.2, 0) is 14.8 Å². The van der Waals surface area contributed by atoms with E-state index >= 15 is 0 Å². The summed E-state index contributed by atoms with van der Waals surface area (Å²) in [7, 11) is -3.47. The summed E-state index contributed by atoms with van der Waals surface area (Å²) < 4.78 is 21.8. The van der Waals surface area contributed by atoms with Gasteiger partial charge in [0.1, 0.15) is 0 Å². The van der Waals surface area contributed by atoms with Crippen LogP contribution in [-0.4, -0.2) is 37.6 Å². The fourth-order valence-corrected chi connectivity index (χ4v) is 2.78. The molecule has 88 valence electrons. The molecule has 0 saturated carbocycles. The molecule has 2 atom stereocenters. The molecule has 1 amide bonds. The molecule has 2 N–H and O–H groups in total. The molecule has 15 heavy (non-hydrogen) atoms. The number of hydrogen-bond donors (Lipinski definition) is 1. The van der Waals surface area contributed by atoms with Crippen LogP contribution in [0.2, 0.25) is 0 Å². The summed E-state index contributed by atoms with van der Waals surface area (Å²) in [6.07, 6.45) is 1.19. The van der Waals surface area contributed by atoms with Gasteiger partial charge in [-0.2, -0.15) is 0 Å². The van der Waals surface area contributed by atoms with E-state index < -0.39 is 10.0 Å². The smallest absolute Gasteiger partial charge is 0.223 e. The number of rotatable bonds is 4. The van der Waals surface area contributed by atoms with Crippen molar-refractivity contribution in [3.8, 4) is 0 Å². The molecule has 0 spiro atoms. The van der Waals surface area contributed by atoms with E-state index in [0.29, 0.717) is 13.0 Å². The standard InChI is InChI=1S/C9H18N2O3S/c1-3-7(2)11-5-8(4-9(11)12)6-15(10,13)14/h7-8H,3-6H2,1-2H3,(H2,10,13,14). The lowest BCUT2D eigenvalue weighted by Gasteiger charge is -2.23. The van der Waals surface area contributed by atoms with Crippen molar-refractivity contribution in [3.63, 3.8) is 0 Å².